The van der Waals surface area contributed by atoms with E-state index in [0.29, 0.717) is 0 Å². The van der Waals surface area contributed by atoms with Crippen molar-refractivity contribution >= 4 is 30.1 Å². The Hall–Kier alpha value is -2.16. The molecular weight excluding hydrogens is 324 g/mol. The summed E-state index contributed by atoms with van der Waals surface area (Å²) >= 11 is 0. The first kappa shape index (κ1) is 20.8. The predicted octanol–water partition coefficient (Wildman–Crippen LogP) is -1.94. The molecule has 2 atom stereocenters. The van der Waals surface area contributed by atoms with E-state index in [-0.39, 0.29) is 25.4 Å². The molecule has 2 unspecified atom stereocenters. The molecule has 1 aromatic carbocycles. The number of amides is 3. The van der Waals surface area contributed by atoms with E-state index in [1.54, 1.807) is 24.3 Å². The number of rotatable bonds is 8. The van der Waals surface area contributed by atoms with Gasteiger partial charge in [0.1, 0.15) is 12.1 Å². The molecule has 8 nitrogen and oxygen atoms in total. The highest BCUT2D eigenvalue weighted by Crippen LogP contribution is 2.04. The standard InChI is InChI=1S/C14H20N4O4.ClH/c15-7-12(20)17-10(6-9-4-2-1-3-5-9)14(22)18-11(8-19)13(16)21;/h1-5,10-11,19H,6-8,15H2,(H2,16,21)(H,17,20)(H,18,22);1H. The van der Waals surface area contributed by atoms with E-state index in [1.807, 2.05) is 6.07 Å². The van der Waals surface area contributed by atoms with E-state index in [1.165, 1.54) is 0 Å². The molecule has 9 heteroatoms. The van der Waals surface area contributed by atoms with Gasteiger partial charge in [0.25, 0.3) is 0 Å². The van der Waals surface area contributed by atoms with Crippen molar-refractivity contribution in [3.05, 3.63) is 35.9 Å². The van der Waals surface area contributed by atoms with Gasteiger partial charge in [0.15, 0.2) is 0 Å². The summed E-state index contributed by atoms with van der Waals surface area (Å²) in [7, 11) is 0. The van der Waals surface area contributed by atoms with Crippen molar-refractivity contribution in [1.82, 2.24) is 10.6 Å². The second-order valence-corrected chi connectivity index (χ2v) is 4.66. The maximum Gasteiger partial charge on any atom is 0.243 e. The van der Waals surface area contributed by atoms with Gasteiger partial charge in [0.2, 0.25) is 17.7 Å². The summed E-state index contributed by atoms with van der Waals surface area (Å²) in [6.07, 6.45) is 0.218. The molecule has 0 aliphatic carbocycles. The summed E-state index contributed by atoms with van der Waals surface area (Å²) in [6, 6.07) is 6.89. The molecule has 0 fully saturated rings. The van der Waals surface area contributed by atoms with Crippen LogP contribution in [0.15, 0.2) is 30.3 Å². The monoisotopic (exact) mass is 344 g/mol. The van der Waals surface area contributed by atoms with Crippen molar-refractivity contribution in [2.24, 2.45) is 11.5 Å². The molecule has 0 saturated carbocycles. The maximum absolute atomic E-state index is 12.2. The van der Waals surface area contributed by atoms with Gasteiger partial charge < -0.3 is 27.2 Å². The van der Waals surface area contributed by atoms with E-state index in [9.17, 15) is 14.4 Å². The molecule has 0 bridgehead atoms. The first-order chi connectivity index (χ1) is 10.5. The van der Waals surface area contributed by atoms with Crippen LogP contribution in [0.4, 0.5) is 0 Å². The molecule has 0 saturated heterocycles. The van der Waals surface area contributed by atoms with Gasteiger partial charge in [-0.2, -0.15) is 0 Å². The van der Waals surface area contributed by atoms with Gasteiger partial charge in [-0.25, -0.2) is 0 Å². The quantitative estimate of drug-likeness (QED) is 0.372. The van der Waals surface area contributed by atoms with Crippen molar-refractivity contribution in [2.45, 2.75) is 18.5 Å². The van der Waals surface area contributed by atoms with Crippen LogP contribution in [0.3, 0.4) is 0 Å². The van der Waals surface area contributed by atoms with Crippen LogP contribution < -0.4 is 22.1 Å². The average molecular weight is 345 g/mol. The van der Waals surface area contributed by atoms with Crippen molar-refractivity contribution in [1.29, 1.82) is 0 Å². The molecule has 23 heavy (non-hydrogen) atoms. The highest BCUT2D eigenvalue weighted by Gasteiger charge is 2.25. The molecule has 0 spiro atoms. The molecule has 0 aliphatic heterocycles. The van der Waals surface area contributed by atoms with Crippen molar-refractivity contribution < 1.29 is 19.5 Å². The first-order valence-electron chi connectivity index (χ1n) is 6.71. The molecule has 1 rings (SSSR count). The Morgan fingerprint density at radius 3 is 2.17 bits per heavy atom. The number of aliphatic hydroxyl groups excluding tert-OH is 1. The van der Waals surface area contributed by atoms with Gasteiger partial charge in [-0.05, 0) is 5.56 Å². The minimum absolute atomic E-state index is 0. The predicted molar refractivity (Wildman–Crippen MR) is 86.6 cm³/mol. The number of nitrogens with two attached hydrogens (primary N) is 2. The molecule has 128 valence electrons. The van der Waals surface area contributed by atoms with E-state index < -0.39 is 36.4 Å². The van der Waals surface area contributed by atoms with Crippen LogP contribution in [0, 0.1) is 0 Å². The largest absolute Gasteiger partial charge is 0.394 e. The number of nitrogens with one attached hydrogen (secondary N) is 2. The maximum atomic E-state index is 12.2. The van der Waals surface area contributed by atoms with E-state index in [2.05, 4.69) is 10.6 Å². The SMILES string of the molecule is Cl.NCC(=O)NC(Cc1ccccc1)C(=O)NC(CO)C(N)=O. The first-order valence-corrected chi connectivity index (χ1v) is 6.71. The lowest BCUT2D eigenvalue weighted by molar-refractivity contribution is -0.131. The summed E-state index contributed by atoms with van der Waals surface area (Å²) in [5.41, 5.74) is 11.1. The number of hydrogen-bond donors (Lipinski definition) is 5. The second kappa shape index (κ2) is 10.5. The summed E-state index contributed by atoms with van der Waals surface area (Å²) in [6.45, 7) is -0.887. The molecule has 1 aromatic rings. The molecule has 0 radical (unpaired) electrons. The third-order valence-corrected chi connectivity index (χ3v) is 2.96. The fourth-order valence-corrected chi connectivity index (χ4v) is 1.79. The minimum atomic E-state index is -1.21. The smallest absolute Gasteiger partial charge is 0.243 e. The minimum Gasteiger partial charge on any atom is -0.394 e. The Labute approximate surface area is 140 Å². The van der Waals surface area contributed by atoms with Crippen LogP contribution in [0.25, 0.3) is 0 Å². The number of halogens is 1. The average Bonchev–Trinajstić information content (AvgIpc) is 2.52. The highest BCUT2D eigenvalue weighted by molar-refractivity contribution is 5.92. The molecule has 7 N–H and O–H groups in total. The fourth-order valence-electron chi connectivity index (χ4n) is 1.79. The number of aliphatic hydroxyl groups is 1. The molecule has 0 heterocycles. The Kier molecular flexibility index (Phi) is 9.56. The highest BCUT2D eigenvalue weighted by atomic mass is 35.5. The lowest BCUT2D eigenvalue weighted by Crippen LogP contribution is -2.55. The Bertz CT molecular complexity index is 527. The summed E-state index contributed by atoms with van der Waals surface area (Å²) in [5, 5.41) is 13.8. The zero-order valence-corrected chi connectivity index (χ0v) is 13.2. The topological polar surface area (TPSA) is 148 Å². The third-order valence-electron chi connectivity index (χ3n) is 2.96. The van der Waals surface area contributed by atoms with Crippen LogP contribution in [0.2, 0.25) is 0 Å². The Balaban J connectivity index is 0.00000484. The fraction of sp³-hybridized carbons (Fsp3) is 0.357. The summed E-state index contributed by atoms with van der Waals surface area (Å²) in [5.74, 6) is -1.99. The number of carbonyl (C=O) groups is 3. The van der Waals surface area contributed by atoms with Crippen LogP contribution in [0.1, 0.15) is 5.56 Å². The molecule has 0 aromatic heterocycles. The zero-order valence-electron chi connectivity index (χ0n) is 12.4. The van der Waals surface area contributed by atoms with Crippen LogP contribution >= 0.6 is 12.4 Å². The lowest BCUT2D eigenvalue weighted by atomic mass is 10.0. The number of carbonyl (C=O) groups excluding carboxylic acids is 3. The van der Waals surface area contributed by atoms with E-state index in [4.69, 9.17) is 16.6 Å². The van der Waals surface area contributed by atoms with E-state index >= 15 is 0 Å². The molecule has 3 amide bonds. The number of hydrogen-bond acceptors (Lipinski definition) is 5. The zero-order chi connectivity index (χ0) is 16.5. The summed E-state index contributed by atoms with van der Waals surface area (Å²) in [4.78, 5) is 34.7. The molecule has 0 aliphatic rings. The molecular formula is C14H21ClN4O4. The normalized spacial score (nSPS) is 12.4. The van der Waals surface area contributed by atoms with Crippen LogP contribution in [-0.4, -0.2) is 48.1 Å². The van der Waals surface area contributed by atoms with Crippen molar-refractivity contribution in [3.63, 3.8) is 0 Å². The van der Waals surface area contributed by atoms with Gasteiger partial charge in [0, 0.05) is 6.42 Å². The number of benzene rings is 1. The van der Waals surface area contributed by atoms with Gasteiger partial charge >= 0.3 is 0 Å². The third kappa shape index (κ3) is 7.09. The Morgan fingerprint density at radius 1 is 1.09 bits per heavy atom. The van der Waals surface area contributed by atoms with Crippen molar-refractivity contribution in [3.8, 4) is 0 Å². The van der Waals surface area contributed by atoms with Gasteiger partial charge in [-0.1, -0.05) is 30.3 Å². The van der Waals surface area contributed by atoms with Gasteiger partial charge in [-0.15, -0.1) is 12.4 Å². The van der Waals surface area contributed by atoms with Gasteiger partial charge in [0.05, 0.1) is 13.2 Å². The van der Waals surface area contributed by atoms with Gasteiger partial charge in [-0.3, -0.25) is 14.4 Å². The van der Waals surface area contributed by atoms with Crippen LogP contribution in [-0.2, 0) is 20.8 Å². The van der Waals surface area contributed by atoms with Crippen molar-refractivity contribution in [2.75, 3.05) is 13.2 Å². The van der Waals surface area contributed by atoms with E-state index in [0.717, 1.165) is 5.56 Å². The van der Waals surface area contributed by atoms with Crippen LogP contribution in [0.5, 0.6) is 0 Å². The Morgan fingerprint density at radius 2 is 1.70 bits per heavy atom. The summed E-state index contributed by atoms with van der Waals surface area (Å²) < 4.78 is 0. The number of primary amides is 1. The second-order valence-electron chi connectivity index (χ2n) is 4.66. The lowest BCUT2D eigenvalue weighted by Gasteiger charge is -2.21.